The van der Waals surface area contributed by atoms with E-state index in [1.165, 1.54) is 0 Å². The highest BCUT2D eigenvalue weighted by Gasteiger charge is 2.16. The SMILES string of the molecule is CC(CN(CCO)Cc1ccco1)C(=O)O. The Hall–Kier alpha value is -1.33. The Labute approximate surface area is 94.3 Å². The second-order valence-electron chi connectivity index (χ2n) is 3.78. The number of nitrogens with zero attached hydrogens (tertiary/aromatic N) is 1. The zero-order valence-corrected chi connectivity index (χ0v) is 9.30. The second-order valence-corrected chi connectivity index (χ2v) is 3.78. The number of carbonyl (C=O) groups is 1. The van der Waals surface area contributed by atoms with Gasteiger partial charge < -0.3 is 14.6 Å². The molecule has 1 heterocycles. The fourth-order valence-electron chi connectivity index (χ4n) is 1.46. The fraction of sp³-hybridized carbons (Fsp3) is 0.545. The summed E-state index contributed by atoms with van der Waals surface area (Å²) < 4.78 is 5.18. The Kier molecular flexibility index (Phi) is 5.01. The maximum Gasteiger partial charge on any atom is 0.307 e. The zero-order chi connectivity index (χ0) is 12.0. The highest BCUT2D eigenvalue weighted by Crippen LogP contribution is 2.08. The number of hydrogen-bond acceptors (Lipinski definition) is 4. The van der Waals surface area contributed by atoms with Gasteiger partial charge in [-0.05, 0) is 12.1 Å². The van der Waals surface area contributed by atoms with Crippen LogP contribution in [0.15, 0.2) is 22.8 Å². The molecule has 0 amide bonds. The van der Waals surface area contributed by atoms with Crippen LogP contribution in [0.1, 0.15) is 12.7 Å². The first kappa shape index (κ1) is 12.7. The third-order valence-corrected chi connectivity index (χ3v) is 2.33. The van der Waals surface area contributed by atoms with Gasteiger partial charge in [-0.3, -0.25) is 9.69 Å². The van der Waals surface area contributed by atoms with Gasteiger partial charge in [0.15, 0.2) is 0 Å². The lowest BCUT2D eigenvalue weighted by molar-refractivity contribution is -0.141. The lowest BCUT2D eigenvalue weighted by Gasteiger charge is -2.21. The van der Waals surface area contributed by atoms with E-state index < -0.39 is 11.9 Å². The molecule has 0 saturated heterocycles. The minimum atomic E-state index is -0.831. The van der Waals surface area contributed by atoms with Crippen LogP contribution in [0, 0.1) is 5.92 Å². The van der Waals surface area contributed by atoms with Gasteiger partial charge in [-0.15, -0.1) is 0 Å². The highest BCUT2D eigenvalue weighted by molar-refractivity contribution is 5.69. The lowest BCUT2D eigenvalue weighted by atomic mass is 10.1. The van der Waals surface area contributed by atoms with Gasteiger partial charge in [-0.2, -0.15) is 0 Å². The van der Waals surface area contributed by atoms with Crippen molar-refractivity contribution in [2.24, 2.45) is 5.92 Å². The number of hydrogen-bond donors (Lipinski definition) is 2. The van der Waals surface area contributed by atoms with Gasteiger partial charge in [0.05, 0.1) is 25.3 Å². The van der Waals surface area contributed by atoms with Crippen molar-refractivity contribution in [1.82, 2.24) is 4.90 Å². The quantitative estimate of drug-likeness (QED) is 0.720. The molecule has 1 aromatic rings. The van der Waals surface area contributed by atoms with Gasteiger partial charge in [0, 0.05) is 13.1 Å². The van der Waals surface area contributed by atoms with Crippen molar-refractivity contribution in [2.45, 2.75) is 13.5 Å². The maximum atomic E-state index is 10.7. The van der Waals surface area contributed by atoms with Crippen LogP contribution in [0.4, 0.5) is 0 Å². The zero-order valence-electron chi connectivity index (χ0n) is 9.30. The van der Waals surface area contributed by atoms with E-state index in [0.717, 1.165) is 5.76 Å². The van der Waals surface area contributed by atoms with Crippen molar-refractivity contribution in [3.05, 3.63) is 24.2 Å². The van der Waals surface area contributed by atoms with Crippen LogP contribution < -0.4 is 0 Å². The normalized spacial score (nSPS) is 12.9. The van der Waals surface area contributed by atoms with Gasteiger partial charge in [0.2, 0.25) is 0 Å². The van der Waals surface area contributed by atoms with Crippen LogP contribution in [-0.4, -0.2) is 40.8 Å². The monoisotopic (exact) mass is 227 g/mol. The Morgan fingerprint density at radius 3 is 2.88 bits per heavy atom. The van der Waals surface area contributed by atoms with E-state index in [2.05, 4.69) is 0 Å². The molecule has 5 heteroatoms. The molecule has 1 aromatic heterocycles. The summed E-state index contributed by atoms with van der Waals surface area (Å²) in [6.45, 7) is 3.02. The molecule has 0 bridgehead atoms. The molecule has 5 nitrogen and oxygen atoms in total. The van der Waals surface area contributed by atoms with Crippen molar-refractivity contribution in [3.63, 3.8) is 0 Å². The van der Waals surface area contributed by atoms with E-state index in [-0.39, 0.29) is 6.61 Å². The van der Waals surface area contributed by atoms with Crippen molar-refractivity contribution < 1.29 is 19.4 Å². The standard InChI is InChI=1S/C11H17NO4/c1-9(11(14)15)7-12(4-5-13)8-10-3-2-6-16-10/h2-3,6,9,13H,4-5,7-8H2,1H3,(H,14,15). The molecule has 0 fully saturated rings. The molecule has 0 aliphatic carbocycles. The van der Waals surface area contributed by atoms with Crippen molar-refractivity contribution in [1.29, 1.82) is 0 Å². The summed E-state index contributed by atoms with van der Waals surface area (Å²) in [6, 6.07) is 3.61. The molecule has 0 aliphatic heterocycles. The van der Waals surface area contributed by atoms with E-state index in [4.69, 9.17) is 14.6 Å². The summed E-state index contributed by atoms with van der Waals surface area (Å²) in [5, 5.41) is 17.7. The molecule has 2 N–H and O–H groups in total. The number of rotatable bonds is 7. The van der Waals surface area contributed by atoms with E-state index in [0.29, 0.717) is 19.6 Å². The van der Waals surface area contributed by atoms with Crippen LogP contribution in [0.3, 0.4) is 0 Å². The molecule has 0 saturated carbocycles. The molecule has 90 valence electrons. The van der Waals surface area contributed by atoms with Crippen LogP contribution in [0.25, 0.3) is 0 Å². The summed E-state index contributed by atoms with van der Waals surface area (Å²) >= 11 is 0. The number of carboxylic acids is 1. The summed E-state index contributed by atoms with van der Waals surface area (Å²) in [5.41, 5.74) is 0. The Bertz CT molecular complexity index is 310. The van der Waals surface area contributed by atoms with Gasteiger partial charge in [-0.25, -0.2) is 0 Å². The molecular weight excluding hydrogens is 210 g/mol. The molecule has 0 aromatic carbocycles. The van der Waals surface area contributed by atoms with Gasteiger partial charge >= 0.3 is 5.97 Å². The molecule has 0 spiro atoms. The summed E-state index contributed by atoms with van der Waals surface area (Å²) in [4.78, 5) is 12.6. The van der Waals surface area contributed by atoms with E-state index >= 15 is 0 Å². The molecule has 1 atom stereocenters. The first-order valence-corrected chi connectivity index (χ1v) is 5.22. The minimum Gasteiger partial charge on any atom is -0.481 e. The summed E-state index contributed by atoms with van der Waals surface area (Å²) in [7, 11) is 0. The smallest absolute Gasteiger partial charge is 0.307 e. The van der Waals surface area contributed by atoms with Crippen molar-refractivity contribution in [3.8, 4) is 0 Å². The van der Waals surface area contributed by atoms with E-state index in [9.17, 15) is 4.79 Å². The number of aliphatic carboxylic acids is 1. The largest absolute Gasteiger partial charge is 0.481 e. The third-order valence-electron chi connectivity index (χ3n) is 2.33. The first-order valence-electron chi connectivity index (χ1n) is 5.22. The molecule has 1 rings (SSSR count). The minimum absolute atomic E-state index is 0.00699. The van der Waals surface area contributed by atoms with Gasteiger partial charge in [-0.1, -0.05) is 6.92 Å². The maximum absolute atomic E-state index is 10.7. The van der Waals surface area contributed by atoms with Gasteiger partial charge in [0.1, 0.15) is 5.76 Å². The first-order chi connectivity index (χ1) is 7.63. The average Bonchev–Trinajstić information content (AvgIpc) is 2.70. The predicted octanol–water partition coefficient (Wildman–Crippen LogP) is 0.795. The van der Waals surface area contributed by atoms with Crippen LogP contribution in [0.2, 0.25) is 0 Å². The van der Waals surface area contributed by atoms with Crippen molar-refractivity contribution >= 4 is 5.97 Å². The van der Waals surface area contributed by atoms with E-state index in [1.54, 1.807) is 19.3 Å². The van der Waals surface area contributed by atoms with Gasteiger partial charge in [0.25, 0.3) is 0 Å². The highest BCUT2D eigenvalue weighted by atomic mass is 16.4. The summed E-state index contributed by atoms with van der Waals surface area (Å²) in [5.74, 6) is -0.519. The number of aliphatic hydroxyl groups is 1. The lowest BCUT2D eigenvalue weighted by Crippen LogP contribution is -2.33. The molecular formula is C11H17NO4. The predicted molar refractivity (Wildman–Crippen MR) is 57.9 cm³/mol. The number of aliphatic hydroxyl groups excluding tert-OH is 1. The molecule has 16 heavy (non-hydrogen) atoms. The van der Waals surface area contributed by atoms with Crippen LogP contribution >= 0.6 is 0 Å². The average molecular weight is 227 g/mol. The molecule has 0 aliphatic rings. The van der Waals surface area contributed by atoms with Crippen molar-refractivity contribution in [2.75, 3.05) is 19.7 Å². The number of carboxylic acid groups (broad SMARTS) is 1. The Morgan fingerprint density at radius 1 is 1.62 bits per heavy atom. The fourth-order valence-corrected chi connectivity index (χ4v) is 1.46. The number of furan rings is 1. The second kappa shape index (κ2) is 6.30. The Morgan fingerprint density at radius 2 is 2.38 bits per heavy atom. The van der Waals surface area contributed by atoms with Crippen LogP contribution in [-0.2, 0) is 11.3 Å². The third kappa shape index (κ3) is 4.04. The summed E-state index contributed by atoms with van der Waals surface area (Å²) in [6.07, 6.45) is 1.58. The Balaban J connectivity index is 2.50. The van der Waals surface area contributed by atoms with Crippen LogP contribution in [0.5, 0.6) is 0 Å². The van der Waals surface area contributed by atoms with E-state index in [1.807, 2.05) is 11.0 Å². The molecule has 1 unspecified atom stereocenters. The topological polar surface area (TPSA) is 73.9 Å². The molecule has 0 radical (unpaired) electrons.